The summed E-state index contributed by atoms with van der Waals surface area (Å²) in [6.45, 7) is 2.90. The van der Waals surface area contributed by atoms with Crippen LogP contribution >= 0.6 is 0 Å². The molecule has 1 saturated heterocycles. The smallest absolute Gasteiger partial charge is 0.317 e. The Morgan fingerprint density at radius 2 is 1.55 bits per heavy atom. The number of hydrogen-bond acceptors (Lipinski definition) is 3. The van der Waals surface area contributed by atoms with Gasteiger partial charge in [-0.25, -0.2) is 18.0 Å². The van der Waals surface area contributed by atoms with Crippen molar-refractivity contribution in [2.75, 3.05) is 38.0 Å². The molecule has 0 saturated carbocycles. The van der Waals surface area contributed by atoms with Crippen LogP contribution in [0, 0.1) is 17.5 Å². The van der Waals surface area contributed by atoms with Gasteiger partial charge in [-0.15, -0.1) is 0 Å². The number of nitrogens with zero attached hydrogens (tertiary/aromatic N) is 2. The monoisotopic (exact) mass is 406 g/mol. The summed E-state index contributed by atoms with van der Waals surface area (Å²) in [5.41, 5.74) is 0.978. The van der Waals surface area contributed by atoms with Crippen LogP contribution in [0.2, 0.25) is 0 Å². The molecule has 1 heterocycles. The average molecular weight is 406 g/mol. The number of anilines is 1. The summed E-state index contributed by atoms with van der Waals surface area (Å²) in [5, 5.41) is 4.69. The van der Waals surface area contributed by atoms with Crippen LogP contribution in [0.4, 0.5) is 23.7 Å². The second kappa shape index (κ2) is 9.42. The van der Waals surface area contributed by atoms with E-state index in [4.69, 9.17) is 0 Å². The minimum Gasteiger partial charge on any atom is -0.329 e. The van der Waals surface area contributed by atoms with Crippen molar-refractivity contribution in [2.24, 2.45) is 0 Å². The summed E-state index contributed by atoms with van der Waals surface area (Å²) in [4.78, 5) is 27.9. The van der Waals surface area contributed by atoms with Crippen molar-refractivity contribution in [2.45, 2.75) is 6.54 Å². The van der Waals surface area contributed by atoms with Crippen LogP contribution in [-0.2, 0) is 11.3 Å². The van der Waals surface area contributed by atoms with Gasteiger partial charge < -0.3 is 15.5 Å². The maximum Gasteiger partial charge on any atom is 0.317 e. The Hall–Kier alpha value is -3.07. The quantitative estimate of drug-likeness (QED) is 0.751. The van der Waals surface area contributed by atoms with Crippen molar-refractivity contribution in [3.8, 4) is 0 Å². The fraction of sp³-hybridized carbons (Fsp3) is 0.300. The Balaban J connectivity index is 1.41. The average Bonchev–Trinajstić information content (AvgIpc) is 2.71. The van der Waals surface area contributed by atoms with Crippen LogP contribution in [-0.4, -0.2) is 54.5 Å². The van der Waals surface area contributed by atoms with Crippen molar-refractivity contribution >= 4 is 17.6 Å². The van der Waals surface area contributed by atoms with Crippen LogP contribution in [0.1, 0.15) is 5.56 Å². The van der Waals surface area contributed by atoms with Crippen LogP contribution in [0.3, 0.4) is 0 Å². The molecule has 0 radical (unpaired) electrons. The molecule has 1 aliphatic heterocycles. The number of urea groups is 1. The number of benzene rings is 2. The second-order valence-electron chi connectivity index (χ2n) is 6.71. The Kier molecular flexibility index (Phi) is 6.71. The SMILES string of the molecule is O=C(CNC(=O)N1CCN(Cc2ccccc2)CC1)Nc1cc(F)c(F)c(F)c1. The highest BCUT2D eigenvalue weighted by atomic mass is 19.2. The number of hydrogen-bond donors (Lipinski definition) is 2. The summed E-state index contributed by atoms with van der Waals surface area (Å²) < 4.78 is 39.3. The molecule has 2 N–H and O–H groups in total. The third-order valence-corrected chi connectivity index (χ3v) is 4.58. The lowest BCUT2D eigenvalue weighted by Crippen LogP contribution is -2.52. The number of halogens is 3. The molecule has 0 spiro atoms. The maximum atomic E-state index is 13.2. The zero-order valence-corrected chi connectivity index (χ0v) is 15.6. The van der Waals surface area contributed by atoms with Gasteiger partial charge in [-0.1, -0.05) is 30.3 Å². The van der Waals surface area contributed by atoms with Crippen molar-refractivity contribution in [1.82, 2.24) is 15.1 Å². The molecule has 29 heavy (non-hydrogen) atoms. The normalized spacial score (nSPS) is 14.5. The van der Waals surface area contributed by atoms with E-state index in [2.05, 4.69) is 27.7 Å². The molecule has 0 aromatic heterocycles. The molecule has 1 aliphatic rings. The van der Waals surface area contributed by atoms with E-state index in [1.165, 1.54) is 5.56 Å². The summed E-state index contributed by atoms with van der Waals surface area (Å²) >= 11 is 0. The van der Waals surface area contributed by atoms with Gasteiger partial charge in [-0.3, -0.25) is 9.69 Å². The molecule has 0 bridgehead atoms. The molecule has 9 heteroatoms. The van der Waals surface area contributed by atoms with E-state index in [1.54, 1.807) is 4.90 Å². The molecule has 0 aliphatic carbocycles. The van der Waals surface area contributed by atoms with Gasteiger partial charge in [0.25, 0.3) is 0 Å². The zero-order chi connectivity index (χ0) is 20.8. The van der Waals surface area contributed by atoms with Gasteiger partial charge >= 0.3 is 6.03 Å². The van der Waals surface area contributed by atoms with Crippen LogP contribution in [0.15, 0.2) is 42.5 Å². The minimum absolute atomic E-state index is 0.227. The molecule has 2 aromatic carbocycles. The lowest BCUT2D eigenvalue weighted by molar-refractivity contribution is -0.115. The Morgan fingerprint density at radius 3 is 2.17 bits per heavy atom. The van der Waals surface area contributed by atoms with Gasteiger partial charge in [0.2, 0.25) is 5.91 Å². The molecular weight excluding hydrogens is 385 g/mol. The van der Waals surface area contributed by atoms with Gasteiger partial charge in [0.1, 0.15) is 0 Å². The highest BCUT2D eigenvalue weighted by Crippen LogP contribution is 2.17. The summed E-state index contributed by atoms with van der Waals surface area (Å²) in [6.07, 6.45) is 0. The standard InChI is InChI=1S/C20H21F3N4O2/c21-16-10-15(11-17(22)19(16)23)25-18(28)12-24-20(29)27-8-6-26(7-9-27)13-14-4-2-1-3-5-14/h1-5,10-11H,6-9,12-13H2,(H,24,29)(H,25,28). The molecule has 6 nitrogen and oxygen atoms in total. The third kappa shape index (κ3) is 5.71. The highest BCUT2D eigenvalue weighted by Gasteiger charge is 2.21. The summed E-state index contributed by atoms with van der Waals surface area (Å²) in [6, 6.07) is 11.0. The van der Waals surface area contributed by atoms with Crippen LogP contribution in [0.25, 0.3) is 0 Å². The molecule has 154 valence electrons. The predicted octanol–water partition coefficient (Wildman–Crippen LogP) is 2.57. The third-order valence-electron chi connectivity index (χ3n) is 4.58. The molecular formula is C20H21F3N4O2. The Bertz CT molecular complexity index is 848. The van der Waals surface area contributed by atoms with Gasteiger partial charge in [0, 0.05) is 50.5 Å². The van der Waals surface area contributed by atoms with Crippen LogP contribution < -0.4 is 10.6 Å². The Morgan fingerprint density at radius 1 is 0.931 bits per heavy atom. The first-order valence-corrected chi connectivity index (χ1v) is 9.16. The van der Waals surface area contributed by atoms with E-state index in [0.717, 1.165) is 6.54 Å². The first kappa shape index (κ1) is 20.7. The topological polar surface area (TPSA) is 64.7 Å². The van der Waals surface area contributed by atoms with E-state index < -0.39 is 29.4 Å². The number of rotatable bonds is 5. The number of nitrogens with one attached hydrogen (secondary N) is 2. The van der Waals surface area contributed by atoms with Gasteiger partial charge in [0.05, 0.1) is 6.54 Å². The van der Waals surface area contributed by atoms with Crippen molar-refractivity contribution in [3.63, 3.8) is 0 Å². The fourth-order valence-corrected chi connectivity index (χ4v) is 3.05. The first-order chi connectivity index (χ1) is 13.9. The summed E-state index contributed by atoms with van der Waals surface area (Å²) in [5.74, 6) is -5.09. The van der Waals surface area contributed by atoms with E-state index in [-0.39, 0.29) is 12.2 Å². The lowest BCUT2D eigenvalue weighted by atomic mass is 10.2. The molecule has 2 aromatic rings. The Labute approximate surface area is 166 Å². The highest BCUT2D eigenvalue weighted by molar-refractivity contribution is 5.94. The molecule has 0 atom stereocenters. The molecule has 3 rings (SSSR count). The van der Waals surface area contributed by atoms with Crippen molar-refractivity contribution < 1.29 is 22.8 Å². The lowest BCUT2D eigenvalue weighted by Gasteiger charge is -2.34. The van der Waals surface area contributed by atoms with Crippen molar-refractivity contribution in [3.05, 3.63) is 65.5 Å². The fourth-order valence-electron chi connectivity index (χ4n) is 3.05. The summed E-state index contributed by atoms with van der Waals surface area (Å²) in [7, 11) is 0. The van der Waals surface area contributed by atoms with E-state index in [1.807, 2.05) is 18.2 Å². The van der Waals surface area contributed by atoms with Crippen LogP contribution in [0.5, 0.6) is 0 Å². The molecule has 0 unspecified atom stereocenters. The zero-order valence-electron chi connectivity index (χ0n) is 15.6. The number of piperazine rings is 1. The van der Waals surface area contributed by atoms with Gasteiger partial charge in [-0.05, 0) is 5.56 Å². The largest absolute Gasteiger partial charge is 0.329 e. The minimum atomic E-state index is -1.61. The number of carbonyl (C=O) groups is 2. The van der Waals surface area contributed by atoms with Crippen molar-refractivity contribution in [1.29, 1.82) is 0 Å². The number of amides is 3. The first-order valence-electron chi connectivity index (χ1n) is 9.16. The van der Waals surface area contributed by atoms with Gasteiger partial charge in [0.15, 0.2) is 17.5 Å². The molecule has 1 fully saturated rings. The van der Waals surface area contributed by atoms with E-state index in [0.29, 0.717) is 38.3 Å². The second-order valence-corrected chi connectivity index (χ2v) is 6.71. The number of carbonyl (C=O) groups excluding carboxylic acids is 2. The molecule has 3 amide bonds. The predicted molar refractivity (Wildman–Crippen MR) is 102 cm³/mol. The van der Waals surface area contributed by atoms with E-state index >= 15 is 0 Å². The van der Waals surface area contributed by atoms with Gasteiger partial charge in [-0.2, -0.15) is 0 Å². The van der Waals surface area contributed by atoms with E-state index in [9.17, 15) is 22.8 Å². The maximum absolute atomic E-state index is 13.2.